The number of hydrogen-bond acceptors (Lipinski definition) is 3. The first-order valence-corrected chi connectivity index (χ1v) is 10.0. The van der Waals surface area contributed by atoms with Gasteiger partial charge >= 0.3 is 0 Å². The molecule has 0 aliphatic heterocycles. The number of anilines is 2. The number of rotatable bonds is 8. The molecule has 3 N–H and O–H groups in total. The van der Waals surface area contributed by atoms with E-state index in [-0.39, 0.29) is 18.4 Å². The zero-order chi connectivity index (χ0) is 21.3. The standard InChI is InChI=1S/C25H27N3O2/c1-18-12-13-21(16-19(18)2)28-24(29)17-27-23-11-7-6-10-22(23)25(30)26-15-14-20-8-4-3-5-9-20/h3-13,16,27H,14-15,17H2,1-2H3,(H,26,30)(H,28,29). The molecular formula is C25H27N3O2. The lowest BCUT2D eigenvalue weighted by Gasteiger charge is -2.13. The third kappa shape index (κ3) is 5.95. The molecule has 3 aromatic rings. The van der Waals surface area contributed by atoms with E-state index >= 15 is 0 Å². The van der Waals surface area contributed by atoms with E-state index in [0.29, 0.717) is 17.8 Å². The largest absolute Gasteiger partial charge is 0.376 e. The number of amides is 2. The Morgan fingerprint density at radius 3 is 2.33 bits per heavy atom. The molecule has 2 amide bonds. The average Bonchev–Trinajstić information content (AvgIpc) is 2.76. The van der Waals surface area contributed by atoms with Crippen molar-refractivity contribution in [2.45, 2.75) is 20.3 Å². The number of aryl methyl sites for hydroxylation is 2. The summed E-state index contributed by atoms with van der Waals surface area (Å²) in [6, 6.07) is 23.0. The first-order chi connectivity index (χ1) is 14.5. The number of carbonyl (C=O) groups excluding carboxylic acids is 2. The van der Waals surface area contributed by atoms with Gasteiger partial charge in [-0.15, -0.1) is 0 Å². The van der Waals surface area contributed by atoms with Crippen LogP contribution in [0.25, 0.3) is 0 Å². The molecule has 0 saturated carbocycles. The fourth-order valence-electron chi connectivity index (χ4n) is 3.10. The molecule has 0 aliphatic carbocycles. The summed E-state index contributed by atoms with van der Waals surface area (Å²) in [5.74, 6) is -0.332. The van der Waals surface area contributed by atoms with Crippen LogP contribution in [0, 0.1) is 13.8 Å². The fraction of sp³-hybridized carbons (Fsp3) is 0.200. The first kappa shape index (κ1) is 21.1. The Labute approximate surface area is 177 Å². The van der Waals surface area contributed by atoms with Crippen LogP contribution >= 0.6 is 0 Å². The van der Waals surface area contributed by atoms with Crippen molar-refractivity contribution in [2.24, 2.45) is 0 Å². The van der Waals surface area contributed by atoms with E-state index in [4.69, 9.17) is 0 Å². The lowest BCUT2D eigenvalue weighted by Crippen LogP contribution is -2.28. The number of benzene rings is 3. The molecule has 0 atom stereocenters. The van der Waals surface area contributed by atoms with Gasteiger partial charge in [0.1, 0.15) is 0 Å². The van der Waals surface area contributed by atoms with Crippen LogP contribution in [0.4, 0.5) is 11.4 Å². The summed E-state index contributed by atoms with van der Waals surface area (Å²) in [6.07, 6.45) is 0.764. The highest BCUT2D eigenvalue weighted by Crippen LogP contribution is 2.16. The van der Waals surface area contributed by atoms with Crippen molar-refractivity contribution in [2.75, 3.05) is 23.7 Å². The second-order valence-electron chi connectivity index (χ2n) is 7.24. The Morgan fingerprint density at radius 2 is 1.57 bits per heavy atom. The highest BCUT2D eigenvalue weighted by Gasteiger charge is 2.11. The smallest absolute Gasteiger partial charge is 0.253 e. The third-order valence-electron chi connectivity index (χ3n) is 4.94. The van der Waals surface area contributed by atoms with E-state index in [9.17, 15) is 9.59 Å². The summed E-state index contributed by atoms with van der Waals surface area (Å²) >= 11 is 0. The monoisotopic (exact) mass is 401 g/mol. The molecule has 0 unspecified atom stereocenters. The number of nitrogens with one attached hydrogen (secondary N) is 3. The lowest BCUT2D eigenvalue weighted by molar-refractivity contribution is -0.114. The molecule has 0 fully saturated rings. The van der Waals surface area contributed by atoms with E-state index in [2.05, 4.69) is 16.0 Å². The van der Waals surface area contributed by atoms with Gasteiger partial charge in [-0.05, 0) is 61.2 Å². The molecule has 3 aromatic carbocycles. The van der Waals surface area contributed by atoms with Gasteiger partial charge in [0, 0.05) is 17.9 Å². The van der Waals surface area contributed by atoms with Gasteiger partial charge in [0.2, 0.25) is 5.91 Å². The predicted octanol–water partition coefficient (Wildman–Crippen LogP) is 4.33. The Hall–Kier alpha value is -3.60. The number of hydrogen-bond donors (Lipinski definition) is 3. The Bertz CT molecular complexity index is 1020. The second-order valence-corrected chi connectivity index (χ2v) is 7.24. The molecule has 0 aromatic heterocycles. The van der Waals surface area contributed by atoms with Crippen LogP contribution in [0.15, 0.2) is 72.8 Å². The van der Waals surface area contributed by atoms with Crippen LogP contribution in [-0.2, 0) is 11.2 Å². The van der Waals surface area contributed by atoms with Crippen LogP contribution < -0.4 is 16.0 Å². The van der Waals surface area contributed by atoms with Crippen LogP contribution in [0.2, 0.25) is 0 Å². The summed E-state index contributed by atoms with van der Waals surface area (Å²) in [7, 11) is 0. The fourth-order valence-corrected chi connectivity index (χ4v) is 3.10. The Kier molecular flexibility index (Phi) is 7.22. The summed E-state index contributed by atoms with van der Waals surface area (Å²) in [5.41, 5.74) is 5.38. The van der Waals surface area contributed by atoms with Crippen molar-refractivity contribution in [3.63, 3.8) is 0 Å². The molecule has 0 aliphatic rings. The number of carbonyl (C=O) groups is 2. The second kappa shape index (κ2) is 10.3. The molecule has 154 valence electrons. The Morgan fingerprint density at radius 1 is 0.833 bits per heavy atom. The molecule has 5 nitrogen and oxygen atoms in total. The van der Waals surface area contributed by atoms with Crippen molar-refractivity contribution in [1.82, 2.24) is 5.32 Å². The van der Waals surface area contributed by atoms with Gasteiger partial charge in [-0.3, -0.25) is 9.59 Å². The van der Waals surface area contributed by atoms with E-state index < -0.39 is 0 Å². The molecule has 30 heavy (non-hydrogen) atoms. The summed E-state index contributed by atoms with van der Waals surface area (Å²) in [4.78, 5) is 24.9. The van der Waals surface area contributed by atoms with Gasteiger partial charge in [-0.25, -0.2) is 0 Å². The van der Waals surface area contributed by atoms with E-state index in [1.807, 2.05) is 74.5 Å². The highest BCUT2D eigenvalue weighted by molar-refractivity contribution is 6.00. The molecule has 0 heterocycles. The van der Waals surface area contributed by atoms with Crippen LogP contribution in [0.3, 0.4) is 0 Å². The van der Waals surface area contributed by atoms with Crippen LogP contribution in [0.5, 0.6) is 0 Å². The van der Waals surface area contributed by atoms with Crippen molar-refractivity contribution in [3.05, 3.63) is 95.1 Å². The molecule has 0 bridgehead atoms. The van der Waals surface area contributed by atoms with Crippen molar-refractivity contribution >= 4 is 23.2 Å². The zero-order valence-electron chi connectivity index (χ0n) is 17.4. The molecular weight excluding hydrogens is 374 g/mol. The van der Waals surface area contributed by atoms with Crippen molar-refractivity contribution in [3.8, 4) is 0 Å². The topological polar surface area (TPSA) is 70.2 Å². The first-order valence-electron chi connectivity index (χ1n) is 10.0. The minimum absolute atomic E-state index is 0.0707. The maximum absolute atomic E-state index is 12.6. The van der Waals surface area contributed by atoms with E-state index in [0.717, 1.165) is 17.7 Å². The highest BCUT2D eigenvalue weighted by atomic mass is 16.2. The van der Waals surface area contributed by atoms with Crippen LogP contribution in [0.1, 0.15) is 27.0 Å². The maximum atomic E-state index is 12.6. The van der Waals surface area contributed by atoms with Crippen LogP contribution in [-0.4, -0.2) is 24.9 Å². The minimum Gasteiger partial charge on any atom is -0.376 e. The normalized spacial score (nSPS) is 10.3. The van der Waals surface area contributed by atoms with E-state index in [1.165, 1.54) is 11.1 Å². The molecule has 3 rings (SSSR count). The van der Waals surface area contributed by atoms with Gasteiger partial charge in [-0.2, -0.15) is 0 Å². The summed E-state index contributed by atoms with van der Waals surface area (Å²) in [5, 5.41) is 8.90. The molecule has 0 saturated heterocycles. The maximum Gasteiger partial charge on any atom is 0.253 e. The van der Waals surface area contributed by atoms with E-state index in [1.54, 1.807) is 12.1 Å². The lowest BCUT2D eigenvalue weighted by atomic mass is 10.1. The summed E-state index contributed by atoms with van der Waals surface area (Å²) < 4.78 is 0. The van der Waals surface area contributed by atoms with Gasteiger partial charge in [0.05, 0.1) is 12.1 Å². The van der Waals surface area contributed by atoms with Gasteiger partial charge in [0.25, 0.3) is 5.91 Å². The predicted molar refractivity (Wildman–Crippen MR) is 122 cm³/mol. The summed E-state index contributed by atoms with van der Waals surface area (Å²) in [6.45, 7) is 4.66. The van der Waals surface area contributed by atoms with Crippen molar-refractivity contribution < 1.29 is 9.59 Å². The molecule has 5 heteroatoms. The van der Waals surface area contributed by atoms with Gasteiger partial charge in [-0.1, -0.05) is 48.5 Å². The van der Waals surface area contributed by atoms with Crippen molar-refractivity contribution in [1.29, 1.82) is 0 Å². The zero-order valence-corrected chi connectivity index (χ0v) is 17.4. The van der Waals surface area contributed by atoms with Gasteiger partial charge < -0.3 is 16.0 Å². The quantitative estimate of drug-likeness (QED) is 0.526. The average molecular weight is 402 g/mol. The Balaban J connectivity index is 1.54. The SMILES string of the molecule is Cc1ccc(NC(=O)CNc2ccccc2C(=O)NCCc2ccccc2)cc1C. The minimum atomic E-state index is -0.169. The third-order valence-corrected chi connectivity index (χ3v) is 4.94. The molecule has 0 spiro atoms. The number of para-hydroxylation sites is 1. The molecule has 0 radical (unpaired) electrons. The van der Waals surface area contributed by atoms with Gasteiger partial charge in [0.15, 0.2) is 0 Å².